The van der Waals surface area contributed by atoms with E-state index in [0.29, 0.717) is 19.8 Å². The van der Waals surface area contributed by atoms with Gasteiger partial charge in [0.15, 0.2) is 5.76 Å². The van der Waals surface area contributed by atoms with Crippen molar-refractivity contribution >= 4 is 5.91 Å². The van der Waals surface area contributed by atoms with E-state index in [9.17, 15) is 9.90 Å². The standard InChI is InChI=1S/C16H26N2O4/c1-5-18(11-8-21-9-12(11)19)7-10-6-13(15(17)20)22-14(10)16(2,3)4/h6,11-12,19H,5,7-9H2,1-4H3,(H2,17,20)/t11-,12-/m1/s1. The molecule has 3 N–H and O–H groups in total. The average molecular weight is 310 g/mol. The summed E-state index contributed by atoms with van der Waals surface area (Å²) in [6.07, 6.45) is -0.486. The Labute approximate surface area is 131 Å². The summed E-state index contributed by atoms with van der Waals surface area (Å²) in [6.45, 7) is 10.4. The van der Waals surface area contributed by atoms with Crippen molar-refractivity contribution in [3.8, 4) is 0 Å². The smallest absolute Gasteiger partial charge is 0.284 e. The first kappa shape index (κ1) is 17.0. The van der Waals surface area contributed by atoms with Crippen molar-refractivity contribution in [3.63, 3.8) is 0 Å². The molecule has 1 fully saturated rings. The van der Waals surface area contributed by atoms with Gasteiger partial charge >= 0.3 is 0 Å². The van der Waals surface area contributed by atoms with Crippen molar-refractivity contribution in [2.24, 2.45) is 5.73 Å². The lowest BCUT2D eigenvalue weighted by Gasteiger charge is -2.29. The third kappa shape index (κ3) is 3.51. The van der Waals surface area contributed by atoms with Crippen molar-refractivity contribution in [1.29, 1.82) is 0 Å². The number of ether oxygens (including phenoxy) is 1. The fraction of sp³-hybridized carbons (Fsp3) is 0.688. The van der Waals surface area contributed by atoms with Crippen LogP contribution in [0.5, 0.6) is 0 Å². The molecule has 1 aliphatic heterocycles. The molecule has 1 saturated heterocycles. The first-order valence-electron chi connectivity index (χ1n) is 7.67. The van der Waals surface area contributed by atoms with Crippen LogP contribution in [-0.4, -0.2) is 47.8 Å². The first-order valence-corrected chi connectivity index (χ1v) is 7.67. The number of primary amides is 1. The first-order chi connectivity index (χ1) is 10.2. The van der Waals surface area contributed by atoms with Crippen LogP contribution in [0.15, 0.2) is 10.5 Å². The van der Waals surface area contributed by atoms with Crippen LogP contribution in [0.4, 0.5) is 0 Å². The van der Waals surface area contributed by atoms with Gasteiger partial charge in [0.25, 0.3) is 5.91 Å². The van der Waals surface area contributed by atoms with Crippen LogP contribution in [0.25, 0.3) is 0 Å². The number of aliphatic hydroxyl groups is 1. The van der Waals surface area contributed by atoms with Gasteiger partial charge in [0.1, 0.15) is 5.76 Å². The van der Waals surface area contributed by atoms with Gasteiger partial charge in [0.2, 0.25) is 0 Å². The number of likely N-dealkylation sites (N-methyl/N-ethyl adjacent to an activating group) is 1. The van der Waals surface area contributed by atoms with Crippen LogP contribution in [0.2, 0.25) is 0 Å². The molecule has 6 nitrogen and oxygen atoms in total. The van der Waals surface area contributed by atoms with Crippen LogP contribution in [-0.2, 0) is 16.7 Å². The Morgan fingerprint density at radius 2 is 2.14 bits per heavy atom. The Hall–Kier alpha value is -1.37. The Balaban J connectivity index is 2.28. The van der Waals surface area contributed by atoms with Gasteiger partial charge in [-0.3, -0.25) is 9.69 Å². The molecule has 2 rings (SSSR count). The van der Waals surface area contributed by atoms with E-state index in [1.807, 2.05) is 27.7 Å². The van der Waals surface area contributed by atoms with Gasteiger partial charge in [0.05, 0.1) is 25.4 Å². The molecular formula is C16H26N2O4. The van der Waals surface area contributed by atoms with Crippen molar-refractivity contribution in [2.75, 3.05) is 19.8 Å². The molecule has 2 heterocycles. The lowest BCUT2D eigenvalue weighted by atomic mass is 9.90. The highest BCUT2D eigenvalue weighted by Crippen LogP contribution is 2.30. The molecule has 0 spiro atoms. The van der Waals surface area contributed by atoms with E-state index >= 15 is 0 Å². The van der Waals surface area contributed by atoms with E-state index in [0.717, 1.165) is 17.9 Å². The average Bonchev–Trinajstić information content (AvgIpc) is 3.01. The number of carbonyl (C=O) groups is 1. The quantitative estimate of drug-likeness (QED) is 0.854. The number of amides is 1. The second-order valence-electron chi connectivity index (χ2n) is 6.81. The maximum atomic E-state index is 11.4. The predicted molar refractivity (Wildman–Crippen MR) is 82.6 cm³/mol. The van der Waals surface area contributed by atoms with Crippen LogP contribution in [0.1, 0.15) is 49.6 Å². The Kier molecular flexibility index (Phi) is 4.94. The number of hydrogen-bond acceptors (Lipinski definition) is 5. The summed E-state index contributed by atoms with van der Waals surface area (Å²) < 4.78 is 11.0. The van der Waals surface area contributed by atoms with Crippen molar-refractivity contribution in [3.05, 3.63) is 23.2 Å². The molecule has 6 heteroatoms. The summed E-state index contributed by atoms with van der Waals surface area (Å²) >= 11 is 0. The maximum Gasteiger partial charge on any atom is 0.284 e. The van der Waals surface area contributed by atoms with E-state index in [4.69, 9.17) is 14.9 Å². The van der Waals surface area contributed by atoms with Gasteiger partial charge in [-0.05, 0) is 12.6 Å². The minimum atomic E-state index is -0.566. The summed E-state index contributed by atoms with van der Waals surface area (Å²) in [5.74, 6) is 0.372. The summed E-state index contributed by atoms with van der Waals surface area (Å²) in [4.78, 5) is 13.6. The second-order valence-corrected chi connectivity index (χ2v) is 6.81. The minimum Gasteiger partial charge on any atom is -0.455 e. The molecule has 2 atom stereocenters. The summed E-state index contributed by atoms with van der Waals surface area (Å²) in [6, 6.07) is 1.68. The van der Waals surface area contributed by atoms with Crippen molar-refractivity contribution in [2.45, 2.75) is 51.8 Å². The molecule has 1 aliphatic rings. The zero-order valence-electron chi connectivity index (χ0n) is 13.8. The number of nitrogens with two attached hydrogens (primary N) is 1. The summed E-state index contributed by atoms with van der Waals surface area (Å²) in [5, 5.41) is 10.0. The molecule has 0 bridgehead atoms. The minimum absolute atomic E-state index is 0.0373. The fourth-order valence-electron chi connectivity index (χ4n) is 2.87. The van der Waals surface area contributed by atoms with Gasteiger partial charge < -0.3 is 20.0 Å². The number of furan rings is 1. The highest BCUT2D eigenvalue weighted by molar-refractivity contribution is 5.90. The zero-order chi connectivity index (χ0) is 16.5. The largest absolute Gasteiger partial charge is 0.455 e. The maximum absolute atomic E-state index is 11.4. The number of nitrogens with zero attached hydrogens (tertiary/aromatic N) is 1. The molecule has 124 valence electrons. The van der Waals surface area contributed by atoms with Crippen LogP contribution >= 0.6 is 0 Å². The van der Waals surface area contributed by atoms with Crippen LogP contribution in [0, 0.1) is 0 Å². The second kappa shape index (κ2) is 6.40. The SMILES string of the molecule is CCN(Cc1cc(C(N)=O)oc1C(C)(C)C)[C@@H]1COC[C@H]1O. The van der Waals surface area contributed by atoms with E-state index in [1.54, 1.807) is 6.07 Å². The summed E-state index contributed by atoms with van der Waals surface area (Å²) in [7, 11) is 0. The lowest BCUT2D eigenvalue weighted by molar-refractivity contribution is 0.0803. The monoisotopic (exact) mass is 310 g/mol. The van der Waals surface area contributed by atoms with Crippen LogP contribution in [0.3, 0.4) is 0 Å². The third-order valence-electron chi connectivity index (χ3n) is 4.00. The highest BCUT2D eigenvalue weighted by atomic mass is 16.5. The fourth-order valence-corrected chi connectivity index (χ4v) is 2.87. The van der Waals surface area contributed by atoms with Gasteiger partial charge in [0, 0.05) is 17.5 Å². The predicted octanol–water partition coefficient (Wildman–Crippen LogP) is 1.26. The molecule has 0 aliphatic carbocycles. The molecule has 1 amide bonds. The molecule has 1 aromatic heterocycles. The van der Waals surface area contributed by atoms with Crippen molar-refractivity contribution in [1.82, 2.24) is 4.90 Å². The molecule has 0 radical (unpaired) electrons. The van der Waals surface area contributed by atoms with E-state index in [-0.39, 0.29) is 17.2 Å². The van der Waals surface area contributed by atoms with Gasteiger partial charge in [-0.2, -0.15) is 0 Å². The van der Waals surface area contributed by atoms with Gasteiger partial charge in [-0.25, -0.2) is 0 Å². The Morgan fingerprint density at radius 3 is 2.59 bits per heavy atom. The molecule has 0 saturated carbocycles. The third-order valence-corrected chi connectivity index (χ3v) is 4.00. The molecular weight excluding hydrogens is 284 g/mol. The summed E-state index contributed by atoms with van der Waals surface area (Å²) in [5.41, 5.74) is 6.04. The Bertz CT molecular complexity index is 533. The molecule has 22 heavy (non-hydrogen) atoms. The van der Waals surface area contributed by atoms with Gasteiger partial charge in [-0.1, -0.05) is 27.7 Å². The van der Waals surface area contributed by atoms with E-state index < -0.39 is 12.0 Å². The van der Waals surface area contributed by atoms with E-state index in [2.05, 4.69) is 4.90 Å². The Morgan fingerprint density at radius 1 is 1.45 bits per heavy atom. The van der Waals surface area contributed by atoms with Crippen molar-refractivity contribution < 1.29 is 19.1 Å². The normalized spacial score (nSPS) is 22.5. The van der Waals surface area contributed by atoms with E-state index in [1.165, 1.54) is 0 Å². The number of rotatable bonds is 5. The molecule has 0 aromatic carbocycles. The topological polar surface area (TPSA) is 88.9 Å². The van der Waals surface area contributed by atoms with Crippen LogP contribution < -0.4 is 5.73 Å². The van der Waals surface area contributed by atoms with Gasteiger partial charge in [-0.15, -0.1) is 0 Å². The lowest BCUT2D eigenvalue weighted by Crippen LogP contribution is -2.42. The molecule has 0 unspecified atom stereocenters. The molecule has 1 aromatic rings. The number of hydrogen-bond donors (Lipinski definition) is 2. The number of aliphatic hydroxyl groups excluding tert-OH is 1. The number of carbonyl (C=O) groups excluding carboxylic acids is 1. The highest BCUT2D eigenvalue weighted by Gasteiger charge is 2.33. The zero-order valence-corrected chi connectivity index (χ0v) is 13.8.